The van der Waals surface area contributed by atoms with E-state index in [1.807, 2.05) is 61.5 Å². The maximum atomic E-state index is 9.51. The summed E-state index contributed by atoms with van der Waals surface area (Å²) in [5.41, 5.74) is 2.32. The molecule has 0 saturated carbocycles. The van der Waals surface area contributed by atoms with Gasteiger partial charge in [0.25, 0.3) is 0 Å². The number of nitrogens with zero attached hydrogens (tertiary/aromatic N) is 3. The highest BCUT2D eigenvalue weighted by Gasteiger charge is 1.99. The van der Waals surface area contributed by atoms with Crippen molar-refractivity contribution in [2.45, 2.75) is 6.92 Å². The molecule has 0 atom stereocenters. The monoisotopic (exact) mass is 241 g/mol. The van der Waals surface area contributed by atoms with Crippen molar-refractivity contribution in [1.82, 2.24) is 0 Å². The van der Waals surface area contributed by atoms with Crippen molar-refractivity contribution in [2.75, 3.05) is 11.6 Å². The van der Waals surface area contributed by atoms with Crippen LogP contribution in [0.15, 0.2) is 64.8 Å². The molecule has 2 rings (SSSR count). The third-order valence-corrected chi connectivity index (χ3v) is 2.48. The summed E-state index contributed by atoms with van der Waals surface area (Å²) in [6.45, 7) is 2.42. The smallest absolute Gasteiger partial charge is 0.0858 e. The van der Waals surface area contributed by atoms with Crippen LogP contribution in [0, 0.1) is 0 Å². The minimum atomic E-state index is 0.547. The quantitative estimate of drug-likeness (QED) is 0.640. The van der Waals surface area contributed by atoms with Gasteiger partial charge in [0.1, 0.15) is 0 Å². The summed E-state index contributed by atoms with van der Waals surface area (Å²) in [6, 6.07) is 16.8. The van der Waals surface area contributed by atoms with E-state index in [1.165, 1.54) is 5.06 Å². The van der Waals surface area contributed by atoms with E-state index in [4.69, 9.17) is 0 Å². The molecule has 0 aromatic heterocycles. The molecule has 0 saturated heterocycles. The third kappa shape index (κ3) is 3.15. The summed E-state index contributed by atoms with van der Waals surface area (Å²) in [5, 5.41) is 18.9. The summed E-state index contributed by atoms with van der Waals surface area (Å²) < 4.78 is 0. The van der Waals surface area contributed by atoms with E-state index in [1.54, 1.807) is 0 Å². The molecule has 4 heteroatoms. The fourth-order valence-electron chi connectivity index (χ4n) is 1.48. The van der Waals surface area contributed by atoms with Crippen LogP contribution in [0.2, 0.25) is 0 Å². The van der Waals surface area contributed by atoms with Crippen LogP contribution in [-0.2, 0) is 0 Å². The predicted octanol–water partition coefficient (Wildman–Crippen LogP) is 4.32. The van der Waals surface area contributed by atoms with Crippen LogP contribution >= 0.6 is 0 Å². The second-order valence-electron chi connectivity index (χ2n) is 3.77. The molecular weight excluding hydrogens is 226 g/mol. The Labute approximate surface area is 106 Å². The van der Waals surface area contributed by atoms with Crippen LogP contribution in [0.3, 0.4) is 0 Å². The molecule has 0 unspecified atom stereocenters. The summed E-state index contributed by atoms with van der Waals surface area (Å²) in [4.78, 5) is 0. The first-order valence-electron chi connectivity index (χ1n) is 5.83. The average Bonchev–Trinajstić information content (AvgIpc) is 2.46. The van der Waals surface area contributed by atoms with E-state index in [2.05, 4.69) is 10.2 Å². The molecule has 0 spiro atoms. The SMILES string of the molecule is CCN(O)c1ccc(N=Nc2ccccc2)cc1. The molecule has 0 aliphatic rings. The van der Waals surface area contributed by atoms with Crippen LogP contribution < -0.4 is 5.06 Å². The summed E-state index contributed by atoms with van der Waals surface area (Å²) in [7, 11) is 0. The molecule has 4 nitrogen and oxygen atoms in total. The van der Waals surface area contributed by atoms with E-state index in [9.17, 15) is 5.21 Å². The van der Waals surface area contributed by atoms with Crippen molar-refractivity contribution in [3.8, 4) is 0 Å². The molecule has 2 aromatic carbocycles. The highest BCUT2D eigenvalue weighted by atomic mass is 16.5. The Balaban J connectivity index is 2.09. The zero-order valence-corrected chi connectivity index (χ0v) is 10.2. The van der Waals surface area contributed by atoms with Gasteiger partial charge < -0.3 is 0 Å². The number of hydrogen-bond acceptors (Lipinski definition) is 4. The average molecular weight is 241 g/mol. The predicted molar refractivity (Wildman–Crippen MR) is 71.9 cm³/mol. The van der Waals surface area contributed by atoms with Crippen molar-refractivity contribution in [2.24, 2.45) is 10.2 Å². The number of hydrogen-bond donors (Lipinski definition) is 1. The molecule has 92 valence electrons. The molecule has 0 fully saturated rings. The zero-order valence-electron chi connectivity index (χ0n) is 10.2. The second kappa shape index (κ2) is 5.93. The number of benzene rings is 2. The summed E-state index contributed by atoms with van der Waals surface area (Å²) in [5.74, 6) is 0. The topological polar surface area (TPSA) is 48.2 Å². The Morgan fingerprint density at radius 1 is 0.889 bits per heavy atom. The maximum Gasteiger partial charge on any atom is 0.0858 e. The summed E-state index contributed by atoms with van der Waals surface area (Å²) >= 11 is 0. The van der Waals surface area contributed by atoms with Crippen molar-refractivity contribution >= 4 is 17.1 Å². The second-order valence-corrected chi connectivity index (χ2v) is 3.77. The van der Waals surface area contributed by atoms with Crippen molar-refractivity contribution < 1.29 is 5.21 Å². The minimum Gasteiger partial charge on any atom is -0.288 e. The number of azo groups is 1. The van der Waals surface area contributed by atoms with Gasteiger partial charge in [-0.05, 0) is 43.3 Å². The molecule has 1 N–H and O–H groups in total. The van der Waals surface area contributed by atoms with Gasteiger partial charge in [-0.2, -0.15) is 10.2 Å². The molecule has 0 radical (unpaired) electrons. The highest BCUT2D eigenvalue weighted by molar-refractivity contribution is 5.51. The van der Waals surface area contributed by atoms with E-state index in [0.717, 1.165) is 17.1 Å². The van der Waals surface area contributed by atoms with Gasteiger partial charge in [-0.3, -0.25) is 10.3 Å². The van der Waals surface area contributed by atoms with Crippen molar-refractivity contribution in [1.29, 1.82) is 0 Å². The lowest BCUT2D eigenvalue weighted by Crippen LogP contribution is -2.16. The van der Waals surface area contributed by atoms with Crippen LogP contribution in [0.5, 0.6) is 0 Å². The van der Waals surface area contributed by atoms with Crippen molar-refractivity contribution in [3.63, 3.8) is 0 Å². The van der Waals surface area contributed by atoms with Gasteiger partial charge in [-0.1, -0.05) is 18.2 Å². The lowest BCUT2D eigenvalue weighted by atomic mass is 10.3. The van der Waals surface area contributed by atoms with Gasteiger partial charge in [0, 0.05) is 6.54 Å². The van der Waals surface area contributed by atoms with Crippen LogP contribution in [0.25, 0.3) is 0 Å². The standard InChI is InChI=1S/C14H15N3O/c1-2-17(18)14-10-8-13(9-11-14)16-15-12-6-4-3-5-7-12/h3-11,18H,2H2,1H3. The van der Waals surface area contributed by atoms with Crippen LogP contribution in [0.1, 0.15) is 6.92 Å². The third-order valence-electron chi connectivity index (χ3n) is 2.48. The normalized spacial score (nSPS) is 10.8. The number of hydroxylamine groups is 1. The Bertz CT molecular complexity index is 508. The number of anilines is 1. The Morgan fingerprint density at radius 3 is 2.00 bits per heavy atom. The number of rotatable bonds is 4. The molecule has 0 amide bonds. The maximum absolute atomic E-state index is 9.51. The van der Waals surface area contributed by atoms with Crippen LogP contribution in [0.4, 0.5) is 17.1 Å². The Kier molecular flexibility index (Phi) is 4.04. The van der Waals surface area contributed by atoms with Gasteiger partial charge in [-0.25, -0.2) is 0 Å². The van der Waals surface area contributed by atoms with Crippen LogP contribution in [-0.4, -0.2) is 11.8 Å². The minimum absolute atomic E-state index is 0.547. The molecule has 0 aliphatic carbocycles. The van der Waals surface area contributed by atoms with Gasteiger partial charge in [0.2, 0.25) is 0 Å². The molecule has 0 heterocycles. The first kappa shape index (κ1) is 12.3. The van der Waals surface area contributed by atoms with Gasteiger partial charge in [0.15, 0.2) is 0 Å². The molecule has 18 heavy (non-hydrogen) atoms. The van der Waals surface area contributed by atoms with E-state index < -0.39 is 0 Å². The first-order chi connectivity index (χ1) is 8.79. The Morgan fingerprint density at radius 2 is 1.44 bits per heavy atom. The van der Waals surface area contributed by atoms with E-state index in [-0.39, 0.29) is 0 Å². The summed E-state index contributed by atoms with van der Waals surface area (Å²) in [6.07, 6.45) is 0. The molecule has 2 aromatic rings. The van der Waals surface area contributed by atoms with Crippen molar-refractivity contribution in [3.05, 3.63) is 54.6 Å². The lowest BCUT2D eigenvalue weighted by molar-refractivity contribution is 0.260. The van der Waals surface area contributed by atoms with Gasteiger partial charge >= 0.3 is 0 Å². The first-order valence-corrected chi connectivity index (χ1v) is 5.83. The molecule has 0 aliphatic heterocycles. The Hall–Kier alpha value is -2.20. The highest BCUT2D eigenvalue weighted by Crippen LogP contribution is 2.21. The fourth-order valence-corrected chi connectivity index (χ4v) is 1.48. The van der Waals surface area contributed by atoms with Gasteiger partial charge in [-0.15, -0.1) is 0 Å². The van der Waals surface area contributed by atoms with Gasteiger partial charge in [0.05, 0.1) is 17.1 Å². The largest absolute Gasteiger partial charge is 0.288 e. The molecular formula is C14H15N3O. The fraction of sp³-hybridized carbons (Fsp3) is 0.143. The lowest BCUT2D eigenvalue weighted by Gasteiger charge is -2.13. The van der Waals surface area contributed by atoms with E-state index in [0.29, 0.717) is 6.54 Å². The van der Waals surface area contributed by atoms with E-state index >= 15 is 0 Å². The molecule has 0 bridgehead atoms. The zero-order chi connectivity index (χ0) is 12.8.